The molecule has 4 rings (SSSR count). The van der Waals surface area contributed by atoms with E-state index in [1.807, 2.05) is 13.8 Å². The van der Waals surface area contributed by atoms with E-state index in [-0.39, 0.29) is 41.5 Å². The Kier molecular flexibility index (Phi) is 11.7. The smallest absolute Gasteiger partial charge is 0.163 e. The predicted molar refractivity (Wildman–Crippen MR) is 162 cm³/mol. The molecule has 1 saturated carbocycles. The maximum absolute atomic E-state index is 13.3. The molecule has 39 heavy (non-hydrogen) atoms. The maximum atomic E-state index is 13.3. The van der Waals surface area contributed by atoms with Gasteiger partial charge in [0.05, 0.1) is 6.42 Å². The first-order valence-electron chi connectivity index (χ1n) is 15.4. The van der Waals surface area contributed by atoms with Crippen molar-refractivity contribution in [3.63, 3.8) is 0 Å². The van der Waals surface area contributed by atoms with E-state index in [1.54, 1.807) is 0 Å². The van der Waals surface area contributed by atoms with E-state index < -0.39 is 0 Å². The van der Waals surface area contributed by atoms with Crippen LogP contribution in [0, 0.1) is 37.5 Å². The molecule has 0 bridgehead atoms. The fourth-order valence-corrected chi connectivity index (χ4v) is 6.87. The number of hydrogen-bond acceptors (Lipinski definition) is 3. The highest BCUT2D eigenvalue weighted by Gasteiger charge is 2.34. The van der Waals surface area contributed by atoms with Crippen molar-refractivity contribution in [1.29, 1.82) is 0 Å². The summed E-state index contributed by atoms with van der Waals surface area (Å²) in [4.78, 5) is 37.7. The molecule has 0 radical (unpaired) electrons. The number of rotatable bonds is 10. The average molecular weight is 531 g/mol. The minimum atomic E-state index is -0.0978. The van der Waals surface area contributed by atoms with Crippen molar-refractivity contribution in [1.82, 2.24) is 0 Å². The SMILES string of the molecule is CC1CCCC1.CCCC(CC1CC(=O)c2c(C)ccc(-c3ccc(C)cc3)c2C1)C(CC)C(=O)CC(C)=O. The highest BCUT2D eigenvalue weighted by Crippen LogP contribution is 2.40. The fourth-order valence-electron chi connectivity index (χ4n) is 6.87. The molecule has 212 valence electrons. The number of carbonyl (C=O) groups excluding carboxylic acids is 3. The molecule has 3 heteroatoms. The Bertz CT molecular complexity index is 1120. The Balaban J connectivity index is 0.000000617. The number of ketones is 3. The van der Waals surface area contributed by atoms with Crippen LogP contribution in [0.3, 0.4) is 0 Å². The first-order valence-corrected chi connectivity index (χ1v) is 15.4. The van der Waals surface area contributed by atoms with Gasteiger partial charge in [-0.15, -0.1) is 0 Å². The van der Waals surface area contributed by atoms with Crippen molar-refractivity contribution in [2.45, 2.75) is 112 Å². The second-order valence-corrected chi connectivity index (χ2v) is 12.4. The lowest BCUT2D eigenvalue weighted by Crippen LogP contribution is -2.30. The zero-order valence-corrected chi connectivity index (χ0v) is 25.3. The van der Waals surface area contributed by atoms with Gasteiger partial charge < -0.3 is 0 Å². The summed E-state index contributed by atoms with van der Waals surface area (Å²) in [6.07, 6.45) is 11.0. The van der Waals surface area contributed by atoms with E-state index in [4.69, 9.17) is 0 Å². The molecule has 0 saturated heterocycles. The van der Waals surface area contributed by atoms with E-state index in [2.05, 4.69) is 57.2 Å². The van der Waals surface area contributed by atoms with Gasteiger partial charge in [0.2, 0.25) is 0 Å². The summed E-state index contributed by atoms with van der Waals surface area (Å²) in [5, 5.41) is 0. The second-order valence-electron chi connectivity index (χ2n) is 12.4. The van der Waals surface area contributed by atoms with Gasteiger partial charge >= 0.3 is 0 Å². The van der Waals surface area contributed by atoms with Crippen molar-refractivity contribution in [3.8, 4) is 11.1 Å². The molecule has 0 heterocycles. The molecule has 0 spiro atoms. The van der Waals surface area contributed by atoms with Gasteiger partial charge in [0.1, 0.15) is 11.6 Å². The van der Waals surface area contributed by atoms with E-state index >= 15 is 0 Å². The third kappa shape index (κ3) is 8.47. The largest absolute Gasteiger partial charge is 0.300 e. The zero-order chi connectivity index (χ0) is 28.5. The lowest BCUT2D eigenvalue weighted by Gasteiger charge is -2.32. The highest BCUT2D eigenvalue weighted by molar-refractivity contribution is 6.02. The van der Waals surface area contributed by atoms with E-state index in [0.717, 1.165) is 60.3 Å². The summed E-state index contributed by atoms with van der Waals surface area (Å²) in [5.74, 6) is 1.64. The number of hydrogen-bond donors (Lipinski definition) is 0. The lowest BCUT2D eigenvalue weighted by atomic mass is 9.71. The second kappa shape index (κ2) is 14.7. The molecule has 0 aromatic heterocycles. The van der Waals surface area contributed by atoms with Gasteiger partial charge in [0.15, 0.2) is 5.78 Å². The molecule has 2 aliphatic carbocycles. The summed E-state index contributed by atoms with van der Waals surface area (Å²) in [6.45, 7) is 12.1. The summed E-state index contributed by atoms with van der Waals surface area (Å²) in [7, 11) is 0. The van der Waals surface area contributed by atoms with Crippen molar-refractivity contribution < 1.29 is 14.4 Å². The van der Waals surface area contributed by atoms with Gasteiger partial charge in [-0.25, -0.2) is 0 Å². The van der Waals surface area contributed by atoms with Crippen molar-refractivity contribution in [2.75, 3.05) is 0 Å². The summed E-state index contributed by atoms with van der Waals surface area (Å²) >= 11 is 0. The molecule has 3 nitrogen and oxygen atoms in total. The normalized spacial score (nSPS) is 18.6. The van der Waals surface area contributed by atoms with Crippen LogP contribution in [0.2, 0.25) is 0 Å². The Hall–Kier alpha value is -2.55. The molecule has 0 amide bonds. The van der Waals surface area contributed by atoms with Gasteiger partial charge in [0, 0.05) is 17.9 Å². The summed E-state index contributed by atoms with van der Waals surface area (Å²) < 4.78 is 0. The molecule has 2 aromatic carbocycles. The van der Waals surface area contributed by atoms with Gasteiger partial charge in [-0.2, -0.15) is 0 Å². The van der Waals surface area contributed by atoms with Gasteiger partial charge in [-0.05, 0) is 80.0 Å². The molecular formula is C36H50O3. The first kappa shape index (κ1) is 31.0. The van der Waals surface area contributed by atoms with Gasteiger partial charge in [-0.3, -0.25) is 14.4 Å². The van der Waals surface area contributed by atoms with Crippen LogP contribution in [0.4, 0.5) is 0 Å². The number of fused-ring (bicyclic) bond motifs is 1. The standard InChI is InChI=1S/C30H38O3.C6H12/c1-6-8-24(25(7-2)28(32)15-21(5)31)16-22-17-27-26(23-12-9-19(3)10-13-23)14-11-20(4)30(27)29(33)18-22;1-6-4-2-3-5-6/h9-14,22,24-25H,6-8,15-18H2,1-5H3;6H,2-5H2,1H3. The Labute approximate surface area is 237 Å². The van der Waals surface area contributed by atoms with Gasteiger partial charge in [-0.1, -0.05) is 101 Å². The summed E-state index contributed by atoms with van der Waals surface area (Å²) in [5.41, 5.74) is 6.64. The topological polar surface area (TPSA) is 51.2 Å². The Morgan fingerprint density at radius 1 is 0.949 bits per heavy atom. The molecule has 3 atom stereocenters. The van der Waals surface area contributed by atoms with Crippen LogP contribution < -0.4 is 0 Å². The van der Waals surface area contributed by atoms with Crippen molar-refractivity contribution >= 4 is 17.3 Å². The number of carbonyl (C=O) groups is 3. The fraction of sp³-hybridized carbons (Fsp3) is 0.583. The number of aryl methyl sites for hydroxylation is 2. The van der Waals surface area contributed by atoms with E-state index in [0.29, 0.717) is 6.42 Å². The zero-order valence-electron chi connectivity index (χ0n) is 25.3. The minimum absolute atomic E-state index is 0.0297. The average Bonchev–Trinajstić information content (AvgIpc) is 3.36. The molecule has 2 aliphatic rings. The summed E-state index contributed by atoms with van der Waals surface area (Å²) in [6, 6.07) is 12.7. The molecule has 0 N–H and O–H groups in total. The lowest BCUT2D eigenvalue weighted by molar-refractivity contribution is -0.129. The van der Waals surface area contributed by atoms with Crippen LogP contribution in [0.1, 0.15) is 119 Å². The molecule has 0 aliphatic heterocycles. The third-order valence-corrected chi connectivity index (χ3v) is 8.91. The molecule has 3 unspecified atom stereocenters. The monoisotopic (exact) mass is 530 g/mol. The van der Waals surface area contributed by atoms with Crippen LogP contribution in [-0.4, -0.2) is 17.3 Å². The maximum Gasteiger partial charge on any atom is 0.163 e. The van der Waals surface area contributed by atoms with Gasteiger partial charge in [0.25, 0.3) is 0 Å². The van der Waals surface area contributed by atoms with E-state index in [1.165, 1.54) is 43.7 Å². The van der Waals surface area contributed by atoms with Crippen LogP contribution in [0.5, 0.6) is 0 Å². The first-order chi connectivity index (χ1) is 18.6. The molecule has 1 fully saturated rings. The van der Waals surface area contributed by atoms with Crippen molar-refractivity contribution in [2.24, 2.45) is 23.7 Å². The number of benzene rings is 2. The quantitative estimate of drug-likeness (QED) is 0.288. The van der Waals surface area contributed by atoms with Crippen LogP contribution in [-0.2, 0) is 16.0 Å². The minimum Gasteiger partial charge on any atom is -0.300 e. The Morgan fingerprint density at radius 3 is 2.15 bits per heavy atom. The van der Waals surface area contributed by atoms with Crippen LogP contribution >= 0.6 is 0 Å². The highest BCUT2D eigenvalue weighted by atomic mass is 16.1. The van der Waals surface area contributed by atoms with Crippen LogP contribution in [0.15, 0.2) is 36.4 Å². The van der Waals surface area contributed by atoms with Crippen molar-refractivity contribution in [3.05, 3.63) is 58.7 Å². The van der Waals surface area contributed by atoms with Crippen LogP contribution in [0.25, 0.3) is 11.1 Å². The third-order valence-electron chi connectivity index (χ3n) is 8.91. The van der Waals surface area contributed by atoms with E-state index in [9.17, 15) is 14.4 Å². The predicted octanol–water partition coefficient (Wildman–Crippen LogP) is 9.29. The molecule has 2 aromatic rings. The number of Topliss-reactive ketones (excluding diaryl/α,β-unsaturated/α-hetero) is 3. The molecular weight excluding hydrogens is 480 g/mol. The Morgan fingerprint density at radius 2 is 1.62 bits per heavy atom.